The van der Waals surface area contributed by atoms with E-state index in [0.29, 0.717) is 23.8 Å². The molecule has 0 atom stereocenters. The van der Waals surface area contributed by atoms with Crippen LogP contribution in [0.4, 0.5) is 0 Å². The predicted molar refractivity (Wildman–Crippen MR) is 78.2 cm³/mol. The van der Waals surface area contributed by atoms with E-state index in [4.69, 9.17) is 21.4 Å². The van der Waals surface area contributed by atoms with E-state index in [1.54, 1.807) is 0 Å². The number of halogens is 1. The van der Waals surface area contributed by atoms with Crippen LogP contribution in [0.5, 0.6) is 5.75 Å². The van der Waals surface area contributed by atoms with E-state index in [1.807, 2.05) is 48.5 Å². The fourth-order valence-electron chi connectivity index (χ4n) is 1.82. The number of ether oxygens (including phenoxy) is 1. The van der Waals surface area contributed by atoms with Gasteiger partial charge in [-0.2, -0.15) is 0 Å². The topological polar surface area (TPSA) is 46.5 Å². The van der Waals surface area contributed by atoms with Crippen molar-refractivity contribution in [3.8, 4) is 5.75 Å². The number of rotatable bonds is 6. The Balaban J connectivity index is 1.98. The molecule has 4 heteroatoms. The van der Waals surface area contributed by atoms with Crippen LogP contribution in [0, 0.1) is 0 Å². The van der Waals surface area contributed by atoms with Crippen LogP contribution >= 0.6 is 11.6 Å². The highest BCUT2D eigenvalue weighted by Crippen LogP contribution is 2.19. The Morgan fingerprint density at radius 1 is 1.15 bits per heavy atom. The zero-order valence-corrected chi connectivity index (χ0v) is 11.6. The lowest BCUT2D eigenvalue weighted by Crippen LogP contribution is -1.99. The van der Waals surface area contributed by atoms with Gasteiger partial charge in [-0.1, -0.05) is 41.9 Å². The minimum absolute atomic E-state index is 0.119. The van der Waals surface area contributed by atoms with E-state index >= 15 is 0 Å². The highest BCUT2D eigenvalue weighted by molar-refractivity contribution is 6.31. The molecular formula is C16H15ClO3. The summed E-state index contributed by atoms with van der Waals surface area (Å²) in [5, 5.41) is 9.36. The van der Waals surface area contributed by atoms with Gasteiger partial charge in [-0.25, -0.2) is 0 Å². The van der Waals surface area contributed by atoms with E-state index in [1.165, 1.54) is 0 Å². The molecule has 0 radical (unpaired) electrons. The van der Waals surface area contributed by atoms with Gasteiger partial charge < -0.3 is 9.84 Å². The molecule has 0 aliphatic carbocycles. The Labute approximate surface area is 122 Å². The summed E-state index contributed by atoms with van der Waals surface area (Å²) >= 11 is 6.06. The molecule has 3 nitrogen and oxygen atoms in total. The molecule has 104 valence electrons. The number of aliphatic carboxylic acids is 1. The molecule has 0 spiro atoms. The number of carbonyl (C=O) groups is 1. The maximum atomic E-state index is 10.6. The molecule has 0 saturated heterocycles. The molecule has 0 aromatic heterocycles. The standard InChI is InChI=1S/C16H15ClO3/c17-15-7-2-1-5-13(15)11-20-14-6-3-4-12(10-14)8-9-16(18)19/h1-7,10H,8-9,11H2,(H,18,19). The molecule has 0 aliphatic rings. The fourth-order valence-corrected chi connectivity index (χ4v) is 2.01. The van der Waals surface area contributed by atoms with Crippen molar-refractivity contribution in [1.29, 1.82) is 0 Å². The molecule has 0 saturated carbocycles. The van der Waals surface area contributed by atoms with Gasteiger partial charge >= 0.3 is 5.97 Å². The fraction of sp³-hybridized carbons (Fsp3) is 0.188. The number of hydrogen-bond donors (Lipinski definition) is 1. The van der Waals surface area contributed by atoms with Crippen molar-refractivity contribution in [2.75, 3.05) is 0 Å². The highest BCUT2D eigenvalue weighted by atomic mass is 35.5. The number of carboxylic acids is 1. The molecule has 0 aliphatic heterocycles. The monoisotopic (exact) mass is 290 g/mol. The van der Waals surface area contributed by atoms with Crippen molar-refractivity contribution in [1.82, 2.24) is 0 Å². The third-order valence-electron chi connectivity index (χ3n) is 2.88. The first kappa shape index (κ1) is 14.4. The smallest absolute Gasteiger partial charge is 0.303 e. The summed E-state index contributed by atoms with van der Waals surface area (Å²) in [6.07, 6.45) is 0.618. The van der Waals surface area contributed by atoms with Crippen LogP contribution in [0.15, 0.2) is 48.5 Å². The zero-order valence-electron chi connectivity index (χ0n) is 10.9. The van der Waals surface area contributed by atoms with Crippen LogP contribution in [0.2, 0.25) is 5.02 Å². The quantitative estimate of drug-likeness (QED) is 0.876. The lowest BCUT2D eigenvalue weighted by Gasteiger charge is -2.09. The first-order chi connectivity index (χ1) is 9.65. The number of aryl methyl sites for hydroxylation is 1. The second-order valence-corrected chi connectivity index (χ2v) is 4.83. The molecule has 0 bridgehead atoms. The van der Waals surface area contributed by atoms with Crippen molar-refractivity contribution in [3.63, 3.8) is 0 Å². The lowest BCUT2D eigenvalue weighted by molar-refractivity contribution is -0.136. The van der Waals surface area contributed by atoms with Gasteiger partial charge in [0, 0.05) is 17.0 Å². The van der Waals surface area contributed by atoms with Crippen LogP contribution in [0.1, 0.15) is 17.5 Å². The number of hydrogen-bond acceptors (Lipinski definition) is 2. The second kappa shape index (κ2) is 6.96. The summed E-state index contributed by atoms with van der Waals surface area (Å²) in [4.78, 5) is 10.6. The second-order valence-electron chi connectivity index (χ2n) is 4.42. The molecule has 0 fully saturated rings. The number of benzene rings is 2. The molecule has 2 rings (SSSR count). The van der Waals surface area contributed by atoms with Crippen LogP contribution in [-0.2, 0) is 17.8 Å². The van der Waals surface area contributed by atoms with E-state index in [-0.39, 0.29) is 6.42 Å². The zero-order chi connectivity index (χ0) is 14.4. The summed E-state index contributed by atoms with van der Waals surface area (Å²) in [7, 11) is 0. The summed E-state index contributed by atoms with van der Waals surface area (Å²) in [6, 6.07) is 15.0. The summed E-state index contributed by atoms with van der Waals surface area (Å²) in [5.41, 5.74) is 1.87. The van der Waals surface area contributed by atoms with Gasteiger partial charge in [0.1, 0.15) is 12.4 Å². The summed E-state index contributed by atoms with van der Waals surface area (Å²) in [6.45, 7) is 0.391. The maximum Gasteiger partial charge on any atom is 0.303 e. The maximum absolute atomic E-state index is 10.6. The Hall–Kier alpha value is -2.00. The molecule has 0 unspecified atom stereocenters. The van der Waals surface area contributed by atoms with Gasteiger partial charge in [-0.15, -0.1) is 0 Å². The van der Waals surface area contributed by atoms with Gasteiger partial charge in [0.15, 0.2) is 0 Å². The van der Waals surface area contributed by atoms with E-state index in [2.05, 4.69) is 0 Å². The Morgan fingerprint density at radius 2 is 1.95 bits per heavy atom. The first-order valence-corrected chi connectivity index (χ1v) is 6.70. The van der Waals surface area contributed by atoms with Crippen molar-refractivity contribution in [3.05, 3.63) is 64.7 Å². The Morgan fingerprint density at radius 3 is 2.70 bits per heavy atom. The molecule has 20 heavy (non-hydrogen) atoms. The SMILES string of the molecule is O=C(O)CCc1cccc(OCc2ccccc2Cl)c1. The van der Waals surface area contributed by atoms with Crippen LogP contribution < -0.4 is 4.74 Å². The highest BCUT2D eigenvalue weighted by Gasteiger charge is 2.03. The Kier molecular flexibility index (Phi) is 5.02. The molecule has 0 heterocycles. The van der Waals surface area contributed by atoms with Crippen molar-refractivity contribution < 1.29 is 14.6 Å². The van der Waals surface area contributed by atoms with Gasteiger partial charge in [0.2, 0.25) is 0 Å². The number of carboxylic acid groups (broad SMARTS) is 1. The Bertz CT molecular complexity index is 596. The van der Waals surface area contributed by atoms with E-state index < -0.39 is 5.97 Å². The largest absolute Gasteiger partial charge is 0.489 e. The minimum Gasteiger partial charge on any atom is -0.489 e. The van der Waals surface area contributed by atoms with E-state index in [0.717, 1.165) is 11.1 Å². The molecule has 2 aromatic carbocycles. The average Bonchev–Trinajstić information content (AvgIpc) is 2.45. The molecule has 1 N–H and O–H groups in total. The van der Waals surface area contributed by atoms with Gasteiger partial charge in [-0.05, 0) is 30.2 Å². The third-order valence-corrected chi connectivity index (χ3v) is 3.25. The van der Waals surface area contributed by atoms with Crippen LogP contribution in [0.25, 0.3) is 0 Å². The average molecular weight is 291 g/mol. The van der Waals surface area contributed by atoms with Gasteiger partial charge in [0.05, 0.1) is 0 Å². The minimum atomic E-state index is -0.799. The first-order valence-electron chi connectivity index (χ1n) is 6.32. The predicted octanol–water partition coefficient (Wildman–Crippen LogP) is 3.94. The molecular weight excluding hydrogens is 276 g/mol. The van der Waals surface area contributed by atoms with Gasteiger partial charge in [-0.3, -0.25) is 4.79 Å². The van der Waals surface area contributed by atoms with Crippen LogP contribution in [0.3, 0.4) is 0 Å². The molecule has 2 aromatic rings. The van der Waals surface area contributed by atoms with Crippen molar-refractivity contribution >= 4 is 17.6 Å². The van der Waals surface area contributed by atoms with Crippen LogP contribution in [-0.4, -0.2) is 11.1 Å². The van der Waals surface area contributed by atoms with E-state index in [9.17, 15) is 4.79 Å². The third kappa shape index (κ3) is 4.28. The normalized spacial score (nSPS) is 10.2. The summed E-state index contributed by atoms with van der Waals surface area (Å²) in [5.74, 6) is -0.0832. The van der Waals surface area contributed by atoms with Crippen molar-refractivity contribution in [2.45, 2.75) is 19.4 Å². The van der Waals surface area contributed by atoms with Crippen molar-refractivity contribution in [2.24, 2.45) is 0 Å². The lowest BCUT2D eigenvalue weighted by atomic mass is 10.1. The van der Waals surface area contributed by atoms with Gasteiger partial charge in [0.25, 0.3) is 0 Å². The molecule has 0 amide bonds. The summed E-state index contributed by atoms with van der Waals surface area (Å²) < 4.78 is 5.69.